The number of Topliss-reactive ketones (excluding diaryl/α,β-unsaturated/α-hetero) is 1. The number of carbonyl (C=O) groups is 1. The number of H-pyrrole nitrogens is 1. The van der Waals surface area contributed by atoms with E-state index in [0.717, 1.165) is 0 Å². The summed E-state index contributed by atoms with van der Waals surface area (Å²) < 4.78 is 15.7. The van der Waals surface area contributed by atoms with Gasteiger partial charge in [0.2, 0.25) is 16.9 Å². The average molecular weight is 324 g/mol. The molecule has 9 heteroatoms. The molecule has 22 heavy (non-hydrogen) atoms. The van der Waals surface area contributed by atoms with E-state index in [1.54, 1.807) is 12.1 Å². The molecule has 0 saturated carbocycles. The molecule has 0 bridgehead atoms. The van der Waals surface area contributed by atoms with Crippen LogP contribution < -0.4 is 19.9 Å². The predicted molar refractivity (Wildman–Crippen MR) is 81.9 cm³/mol. The molecule has 0 spiro atoms. The summed E-state index contributed by atoms with van der Waals surface area (Å²) in [6, 6.07) is 3.22. The third kappa shape index (κ3) is 3.42. The van der Waals surface area contributed by atoms with Gasteiger partial charge in [0, 0.05) is 5.56 Å². The molecule has 0 atom stereocenters. The highest BCUT2D eigenvalue weighted by Gasteiger charge is 2.17. The number of thioether (sulfide) groups is 1. The highest BCUT2D eigenvalue weighted by atomic mass is 32.2. The summed E-state index contributed by atoms with van der Waals surface area (Å²) >= 11 is 1.19. The second kappa shape index (κ2) is 7.03. The van der Waals surface area contributed by atoms with Crippen LogP contribution in [-0.4, -0.2) is 48.0 Å². The van der Waals surface area contributed by atoms with Crippen molar-refractivity contribution >= 4 is 23.5 Å². The van der Waals surface area contributed by atoms with Crippen LogP contribution in [0.25, 0.3) is 0 Å². The Bertz CT molecular complexity index is 649. The highest BCUT2D eigenvalue weighted by Crippen LogP contribution is 2.38. The molecule has 1 aromatic carbocycles. The van der Waals surface area contributed by atoms with Gasteiger partial charge in [0.1, 0.15) is 0 Å². The molecule has 0 aliphatic heterocycles. The molecule has 118 valence electrons. The molecule has 0 radical (unpaired) electrons. The fourth-order valence-electron chi connectivity index (χ4n) is 1.78. The normalized spacial score (nSPS) is 10.3. The number of nitrogen functional groups attached to an aromatic ring is 1. The van der Waals surface area contributed by atoms with E-state index in [4.69, 9.17) is 19.9 Å². The topological polar surface area (TPSA) is 112 Å². The number of aromatic nitrogens is 3. The van der Waals surface area contributed by atoms with Crippen LogP contribution in [0.2, 0.25) is 0 Å². The predicted octanol–water partition coefficient (Wildman–Crippen LogP) is 1.39. The van der Waals surface area contributed by atoms with Crippen LogP contribution in [0.4, 0.5) is 5.95 Å². The molecule has 1 heterocycles. The molecule has 0 fully saturated rings. The Morgan fingerprint density at radius 1 is 1.23 bits per heavy atom. The van der Waals surface area contributed by atoms with Crippen molar-refractivity contribution in [1.29, 1.82) is 0 Å². The van der Waals surface area contributed by atoms with Gasteiger partial charge in [-0.05, 0) is 12.1 Å². The summed E-state index contributed by atoms with van der Waals surface area (Å²) in [7, 11) is 4.50. The maximum atomic E-state index is 12.3. The lowest BCUT2D eigenvalue weighted by Crippen LogP contribution is -2.05. The van der Waals surface area contributed by atoms with Gasteiger partial charge < -0.3 is 19.9 Å². The number of aromatic amines is 1. The third-order valence-electron chi connectivity index (χ3n) is 2.80. The quantitative estimate of drug-likeness (QED) is 0.580. The summed E-state index contributed by atoms with van der Waals surface area (Å²) in [4.78, 5) is 16.2. The van der Waals surface area contributed by atoms with Gasteiger partial charge in [-0.25, -0.2) is 5.10 Å². The monoisotopic (exact) mass is 324 g/mol. The second-order valence-corrected chi connectivity index (χ2v) is 5.07. The van der Waals surface area contributed by atoms with Gasteiger partial charge in [-0.15, -0.1) is 5.10 Å². The zero-order valence-corrected chi connectivity index (χ0v) is 13.2. The number of nitrogens with zero attached hydrogens (tertiary/aromatic N) is 2. The number of hydrogen-bond donors (Lipinski definition) is 2. The fourth-order valence-corrected chi connectivity index (χ4v) is 2.48. The van der Waals surface area contributed by atoms with Crippen molar-refractivity contribution in [3.05, 3.63) is 17.7 Å². The Morgan fingerprint density at radius 3 is 2.32 bits per heavy atom. The van der Waals surface area contributed by atoms with Crippen LogP contribution in [0, 0.1) is 0 Å². The molecule has 0 aliphatic carbocycles. The highest BCUT2D eigenvalue weighted by molar-refractivity contribution is 7.99. The number of nitrogens with two attached hydrogens (primary N) is 1. The first-order chi connectivity index (χ1) is 10.6. The summed E-state index contributed by atoms with van der Waals surface area (Å²) in [5.74, 6) is 1.55. The van der Waals surface area contributed by atoms with Gasteiger partial charge in [-0.1, -0.05) is 11.8 Å². The van der Waals surface area contributed by atoms with Crippen molar-refractivity contribution in [2.24, 2.45) is 0 Å². The Morgan fingerprint density at radius 2 is 1.86 bits per heavy atom. The second-order valence-electron chi connectivity index (χ2n) is 4.13. The van der Waals surface area contributed by atoms with Crippen LogP contribution in [0.5, 0.6) is 17.2 Å². The maximum Gasteiger partial charge on any atom is 0.216 e. The van der Waals surface area contributed by atoms with E-state index in [2.05, 4.69) is 15.2 Å². The lowest BCUT2D eigenvalue weighted by Gasteiger charge is -2.13. The maximum absolute atomic E-state index is 12.3. The molecule has 3 N–H and O–H groups in total. The molecule has 0 saturated heterocycles. The van der Waals surface area contributed by atoms with Gasteiger partial charge in [-0.2, -0.15) is 4.98 Å². The van der Waals surface area contributed by atoms with Crippen LogP contribution in [0.1, 0.15) is 10.4 Å². The fraction of sp³-hybridized carbons (Fsp3) is 0.308. The smallest absolute Gasteiger partial charge is 0.216 e. The van der Waals surface area contributed by atoms with Gasteiger partial charge in [-0.3, -0.25) is 4.79 Å². The van der Waals surface area contributed by atoms with Crippen molar-refractivity contribution in [2.45, 2.75) is 5.16 Å². The van der Waals surface area contributed by atoms with E-state index in [1.165, 1.54) is 33.1 Å². The first kappa shape index (κ1) is 16.0. The van der Waals surface area contributed by atoms with Gasteiger partial charge in [0.05, 0.1) is 27.1 Å². The zero-order chi connectivity index (χ0) is 16.1. The first-order valence-electron chi connectivity index (χ1n) is 6.23. The van der Waals surface area contributed by atoms with E-state index in [1.807, 2.05) is 0 Å². The minimum absolute atomic E-state index is 0.118. The molecule has 0 amide bonds. The first-order valence-corrected chi connectivity index (χ1v) is 7.21. The molecular weight excluding hydrogens is 308 g/mol. The lowest BCUT2D eigenvalue weighted by molar-refractivity contribution is 0.102. The molecular formula is C13H16N4O4S. The van der Waals surface area contributed by atoms with Gasteiger partial charge in [0.15, 0.2) is 17.3 Å². The number of carbonyl (C=O) groups excluding carboxylic acids is 1. The van der Waals surface area contributed by atoms with Crippen LogP contribution in [-0.2, 0) is 0 Å². The molecule has 1 aromatic heterocycles. The number of anilines is 1. The van der Waals surface area contributed by atoms with Crippen molar-refractivity contribution in [2.75, 3.05) is 32.8 Å². The molecule has 8 nitrogen and oxygen atoms in total. The number of hydrogen-bond acceptors (Lipinski definition) is 8. The number of nitrogens with one attached hydrogen (secondary N) is 1. The average Bonchev–Trinajstić information content (AvgIpc) is 2.96. The van der Waals surface area contributed by atoms with Crippen LogP contribution >= 0.6 is 11.8 Å². The minimum atomic E-state index is -0.118. The molecule has 0 aliphatic rings. The number of ketones is 1. The van der Waals surface area contributed by atoms with Crippen LogP contribution in [0.3, 0.4) is 0 Å². The van der Waals surface area contributed by atoms with Crippen molar-refractivity contribution in [1.82, 2.24) is 15.2 Å². The standard InChI is InChI=1S/C13H16N4O4S/c1-19-9-4-7(5-10(20-2)11(9)21-3)8(18)6-22-13-15-12(14)16-17-13/h4-5H,6H2,1-3H3,(H3,14,15,16,17). The van der Waals surface area contributed by atoms with Gasteiger partial charge in [0.25, 0.3) is 0 Å². The van der Waals surface area contributed by atoms with E-state index in [0.29, 0.717) is 28.0 Å². The van der Waals surface area contributed by atoms with Crippen molar-refractivity contribution < 1.29 is 19.0 Å². The summed E-state index contributed by atoms with van der Waals surface area (Å²) in [6.07, 6.45) is 0. The van der Waals surface area contributed by atoms with E-state index < -0.39 is 0 Å². The van der Waals surface area contributed by atoms with Crippen LogP contribution in [0.15, 0.2) is 17.3 Å². The Labute approximate surface area is 131 Å². The minimum Gasteiger partial charge on any atom is -0.493 e. The zero-order valence-electron chi connectivity index (χ0n) is 12.4. The summed E-state index contributed by atoms with van der Waals surface area (Å²) in [5.41, 5.74) is 5.88. The number of methoxy groups -OCH3 is 3. The number of benzene rings is 1. The summed E-state index contributed by atoms with van der Waals surface area (Å²) in [5, 5.41) is 6.78. The van der Waals surface area contributed by atoms with Crippen molar-refractivity contribution in [3.63, 3.8) is 0 Å². The molecule has 2 aromatic rings. The third-order valence-corrected chi connectivity index (χ3v) is 3.65. The number of ether oxygens (including phenoxy) is 3. The Kier molecular flexibility index (Phi) is 5.10. The van der Waals surface area contributed by atoms with E-state index in [9.17, 15) is 4.79 Å². The SMILES string of the molecule is COc1cc(C(=O)CSc2n[nH]c(N)n2)cc(OC)c1OC. The lowest BCUT2D eigenvalue weighted by atomic mass is 10.1. The number of rotatable bonds is 7. The van der Waals surface area contributed by atoms with Gasteiger partial charge >= 0.3 is 0 Å². The Balaban J connectivity index is 2.18. The van der Waals surface area contributed by atoms with E-state index in [-0.39, 0.29) is 17.5 Å². The Hall–Kier alpha value is -2.42. The van der Waals surface area contributed by atoms with Crippen molar-refractivity contribution in [3.8, 4) is 17.2 Å². The van der Waals surface area contributed by atoms with E-state index >= 15 is 0 Å². The largest absolute Gasteiger partial charge is 0.493 e. The molecule has 2 rings (SSSR count). The summed E-state index contributed by atoms with van der Waals surface area (Å²) in [6.45, 7) is 0. The molecule has 0 unspecified atom stereocenters.